The van der Waals surface area contributed by atoms with Crippen LogP contribution in [-0.4, -0.2) is 117 Å². The number of rotatable bonds is 15. The number of fused-ring (bicyclic) bond motifs is 1. The quantitative estimate of drug-likeness (QED) is 0.0687. The van der Waals surface area contributed by atoms with Crippen LogP contribution in [0.25, 0.3) is 98.6 Å². The molecule has 4 aliphatic heterocycles. The molecule has 0 radical (unpaired) electrons. The summed E-state index contributed by atoms with van der Waals surface area (Å²) in [6.07, 6.45) is 24.8. The van der Waals surface area contributed by atoms with Gasteiger partial charge in [-0.25, -0.2) is 61.3 Å². The molecule has 25 nitrogen and oxygen atoms in total. The van der Waals surface area contributed by atoms with Gasteiger partial charge in [0.05, 0.1) is 85.8 Å². The summed E-state index contributed by atoms with van der Waals surface area (Å²) < 4.78 is 100. The molecule has 8 aliphatic rings. The first-order valence-corrected chi connectivity index (χ1v) is 46.4. The Kier molecular flexibility index (Phi) is 26.0. The maximum Gasteiger partial charge on any atom is 0.296 e. The Morgan fingerprint density at radius 3 is 1.28 bits per heavy atom. The second kappa shape index (κ2) is 38.4. The third-order valence-electron chi connectivity index (χ3n) is 27.9. The monoisotopic (exact) mass is 1850 g/mol. The van der Waals surface area contributed by atoms with E-state index in [9.17, 15) is 41.1 Å². The van der Waals surface area contributed by atoms with Gasteiger partial charge in [-0.1, -0.05) is 99.7 Å². The van der Waals surface area contributed by atoms with Crippen LogP contribution < -0.4 is 46.6 Å². The number of benzene rings is 6. The summed E-state index contributed by atoms with van der Waals surface area (Å²) in [4.78, 5) is 103. The van der Waals surface area contributed by atoms with Gasteiger partial charge in [-0.2, -0.15) is 9.49 Å². The molecule has 692 valence electrons. The zero-order chi connectivity index (χ0) is 95.1. The normalized spacial score (nSPS) is 16.7. The number of nitrogens with zero attached hydrogens (tertiary/aromatic N) is 20. The van der Waals surface area contributed by atoms with Gasteiger partial charge in [0.25, 0.3) is 22.2 Å². The van der Waals surface area contributed by atoms with Gasteiger partial charge in [0.15, 0.2) is 23.2 Å². The number of methoxy groups -OCH3 is 1. The fourth-order valence-electron chi connectivity index (χ4n) is 19.8. The lowest BCUT2D eigenvalue weighted by atomic mass is 9.86. The van der Waals surface area contributed by atoms with Gasteiger partial charge in [-0.05, 0) is 198 Å². The van der Waals surface area contributed by atoms with E-state index in [1.54, 1.807) is 72.7 Å². The molecule has 0 N–H and O–H groups in total. The summed E-state index contributed by atoms with van der Waals surface area (Å²) in [5.74, 6) is 0.504. The van der Waals surface area contributed by atoms with Gasteiger partial charge in [0.1, 0.15) is 63.2 Å². The van der Waals surface area contributed by atoms with E-state index in [1.165, 1.54) is 120 Å². The van der Waals surface area contributed by atoms with Crippen molar-refractivity contribution in [2.24, 2.45) is 29.7 Å². The standard InChI is InChI=1S/C27H25ClFN5O.C27H25F2N5O.C25H24F2N4O2.C25H23FN6O/c1-30-22-8-6-18(14-20(22)29)24-32-25(33-13-12-27(16-33)10-2-3-11-27)23(28)26(35)34(24)19-7-9-21(31-15-19)17-4-5-17;1-30-22-8-6-18(14-20(22)28)24-32-25(33-13-12-27(16-33)10-2-3-11-27)23(29)26(35)34(24)19-7-9-21(31-15-19)17-4-5-17;1-15-9-11-30(12-10-15)23-16(2)25(32)31(18-6-8-22(33-4)20(27)14-18)24(29-23)17-5-7-21(28-3)19(26)13-17;1-16-8-10-31(11-9-16)23-14-24(33)32(19-5-7-22-18(12-19)15-28-30(22)3)25(29-23)17-4-6-21(27-2)20(26)13-17/h2*6-9,14-15,17H,2-5,10-13,16H2;5-8,13-15H,9-12H2,1-2,4H3;4-7,12-16H,8-11H2,1,3H3. The molecular weight excluding hydrogens is 1760 g/mol. The van der Waals surface area contributed by atoms with Crippen molar-refractivity contribution < 1.29 is 31.1 Å². The second-order valence-electron chi connectivity index (χ2n) is 37.0. The van der Waals surface area contributed by atoms with Gasteiger partial charge >= 0.3 is 0 Å². The minimum absolute atomic E-state index is 0.0160. The molecule has 0 amide bonds. The second-order valence-corrected chi connectivity index (χ2v) is 37.4. The van der Waals surface area contributed by atoms with Crippen molar-refractivity contribution in [2.45, 2.75) is 148 Å². The predicted octanol–water partition coefficient (Wildman–Crippen LogP) is 22.1. The first kappa shape index (κ1) is 91.9. The zero-order valence-corrected chi connectivity index (χ0v) is 76.6. The highest BCUT2D eigenvalue weighted by Crippen LogP contribution is 2.50. The van der Waals surface area contributed by atoms with Crippen molar-refractivity contribution in [1.29, 1.82) is 0 Å². The van der Waals surface area contributed by atoms with Crippen molar-refractivity contribution in [2.75, 3.05) is 79.1 Å². The molecule has 0 bridgehead atoms. The number of halogens is 7. The lowest BCUT2D eigenvalue weighted by molar-refractivity contribution is 0.340. The number of hydrogen-bond acceptors (Lipinski definition) is 16. The molecule has 32 heteroatoms. The Balaban J connectivity index is 0.000000121. The molecule has 11 heterocycles. The highest BCUT2D eigenvalue weighted by Gasteiger charge is 2.44. The highest BCUT2D eigenvalue weighted by molar-refractivity contribution is 6.32. The summed E-state index contributed by atoms with van der Waals surface area (Å²) in [6, 6.07) is 35.5. The van der Waals surface area contributed by atoms with Crippen LogP contribution >= 0.6 is 11.6 Å². The molecule has 7 aromatic heterocycles. The first-order valence-electron chi connectivity index (χ1n) is 46.0. The summed E-state index contributed by atoms with van der Waals surface area (Å²) in [5.41, 5.74) is 4.74. The Bertz CT molecular complexity index is 7060. The molecule has 0 atom stereocenters. The molecule has 136 heavy (non-hydrogen) atoms. The maximum absolute atomic E-state index is 15.6. The van der Waals surface area contributed by atoms with Gasteiger partial charge in [0.2, 0.25) is 28.6 Å². The third-order valence-corrected chi connectivity index (χ3v) is 28.3. The van der Waals surface area contributed by atoms with E-state index in [4.69, 9.17) is 57.6 Å². The van der Waals surface area contributed by atoms with Gasteiger partial charge in [0, 0.05) is 122 Å². The number of hydrogen-bond donors (Lipinski definition) is 0. The molecule has 4 saturated carbocycles. The van der Waals surface area contributed by atoms with Crippen molar-refractivity contribution in [3.63, 3.8) is 0 Å². The van der Waals surface area contributed by atoms with Crippen LogP contribution in [0.3, 0.4) is 0 Å². The van der Waals surface area contributed by atoms with E-state index in [-0.39, 0.29) is 84.4 Å². The number of piperidine rings is 2. The van der Waals surface area contributed by atoms with Crippen molar-refractivity contribution in [1.82, 2.24) is 58.0 Å². The van der Waals surface area contributed by atoms with Crippen molar-refractivity contribution >= 4 is 68.5 Å². The van der Waals surface area contributed by atoms with Crippen LogP contribution in [0.1, 0.15) is 158 Å². The molecule has 2 spiro atoms. The third kappa shape index (κ3) is 18.6. The molecular formula is C104H97ClF6N20O5. The number of aromatic nitrogens is 12. The minimum atomic E-state index is -0.909. The lowest BCUT2D eigenvalue weighted by Gasteiger charge is -2.32. The summed E-state index contributed by atoms with van der Waals surface area (Å²) in [6.45, 7) is 40.7. The number of ether oxygens (including phenoxy) is 1. The van der Waals surface area contributed by atoms with Crippen molar-refractivity contribution in [3.8, 4) is 74.1 Å². The van der Waals surface area contributed by atoms with E-state index in [0.717, 1.165) is 143 Å². The molecule has 8 fully saturated rings. The van der Waals surface area contributed by atoms with Crippen LogP contribution in [0.4, 0.5) is 72.4 Å². The Hall–Kier alpha value is -14.6. The highest BCUT2D eigenvalue weighted by atomic mass is 35.5. The summed E-state index contributed by atoms with van der Waals surface area (Å²) >= 11 is 6.68. The van der Waals surface area contributed by atoms with Crippen LogP contribution in [0.15, 0.2) is 177 Å². The maximum atomic E-state index is 15.6. The molecule has 13 aromatic rings. The SMILES string of the molecule is [C-]#[N+]c1ccc(-c2nc(N3CCC(C)CC3)c(C)c(=O)n2-c2ccc(OC)c(F)c2)cc1F.[C-]#[N+]c1ccc(-c2nc(N3CCC(C)CC3)cc(=O)n2-c2ccc3c(cnn3C)c2)cc1F.[C-]#[N+]c1ccc(-c2nc(N3CCC4(CCCC4)C3)c(Cl)c(=O)n2-c2ccc(C3CC3)nc2)cc1F.[C-]#[N+]c1ccc(-c2nc(N3CCC4(CCCC4)C3)c(F)c(=O)n2-c2ccc(C3CC3)nc2)cc1F. The molecule has 0 unspecified atom stereocenters. The van der Waals surface area contributed by atoms with Gasteiger partial charge in [-0.3, -0.25) is 52.1 Å². The van der Waals surface area contributed by atoms with Gasteiger partial charge < -0.3 is 24.3 Å². The Morgan fingerprint density at radius 1 is 0.419 bits per heavy atom. The predicted molar refractivity (Wildman–Crippen MR) is 513 cm³/mol. The molecule has 6 aromatic carbocycles. The summed E-state index contributed by atoms with van der Waals surface area (Å²) in [7, 11) is 3.22. The Labute approximate surface area is 786 Å². The molecule has 21 rings (SSSR count). The Morgan fingerprint density at radius 2 is 0.838 bits per heavy atom. The van der Waals surface area contributed by atoms with E-state index < -0.39 is 46.0 Å². The fourth-order valence-corrected chi connectivity index (χ4v) is 20.0. The lowest BCUT2D eigenvalue weighted by Crippen LogP contribution is -2.36. The van der Waals surface area contributed by atoms with Crippen molar-refractivity contribution in [3.05, 3.63) is 302 Å². The average molecular weight is 1860 g/mol. The smallest absolute Gasteiger partial charge is 0.296 e. The van der Waals surface area contributed by atoms with E-state index >= 15 is 4.39 Å². The number of aryl methyl sites for hydroxylation is 1. The van der Waals surface area contributed by atoms with Crippen LogP contribution in [0.5, 0.6) is 5.75 Å². The number of anilines is 4. The first-order chi connectivity index (χ1) is 65.7. The average Bonchev–Trinajstić information content (AvgIpc) is 0.842. The van der Waals surface area contributed by atoms with Crippen LogP contribution in [0, 0.1) is 90.8 Å². The molecule has 4 aliphatic carbocycles. The van der Waals surface area contributed by atoms with Crippen LogP contribution in [-0.2, 0) is 7.05 Å². The molecule has 4 saturated heterocycles. The topological polar surface area (TPSA) is 223 Å². The minimum Gasteiger partial charge on any atom is -0.494 e. The summed E-state index contributed by atoms with van der Waals surface area (Å²) in [5, 5.41) is 5.22. The van der Waals surface area contributed by atoms with E-state index in [2.05, 4.69) is 68.0 Å². The van der Waals surface area contributed by atoms with Crippen LogP contribution in [0.2, 0.25) is 5.02 Å². The van der Waals surface area contributed by atoms with E-state index in [0.29, 0.717) is 105 Å². The van der Waals surface area contributed by atoms with E-state index in [1.807, 2.05) is 48.3 Å². The van der Waals surface area contributed by atoms with Gasteiger partial charge in [-0.15, -0.1) is 0 Å². The fraction of sp³-hybridized carbons (Fsp3) is 0.356. The largest absolute Gasteiger partial charge is 0.494 e. The zero-order valence-electron chi connectivity index (χ0n) is 75.8. The number of pyridine rings is 2.